The summed E-state index contributed by atoms with van der Waals surface area (Å²) in [5.74, 6) is 5.90. The second-order valence-electron chi connectivity index (χ2n) is 3.58. The lowest BCUT2D eigenvalue weighted by Crippen LogP contribution is -2.30. The van der Waals surface area contributed by atoms with Crippen LogP contribution < -0.4 is 11.1 Å². The number of nitrogens with one attached hydrogen (secondary N) is 1. The lowest BCUT2D eigenvalue weighted by molar-refractivity contribution is -0.119. The maximum atomic E-state index is 10.9. The zero-order valence-electron chi connectivity index (χ0n) is 9.50. The number of halogens is 1. The Bertz CT molecular complexity index is 637. The fourth-order valence-electron chi connectivity index (χ4n) is 1.42. The van der Waals surface area contributed by atoms with Gasteiger partial charge in [-0.1, -0.05) is 17.5 Å². The van der Waals surface area contributed by atoms with Gasteiger partial charge in [-0.25, -0.2) is 0 Å². The SMILES string of the molecule is NCC(=O)NCC#Cc1cc2cc(Cl)ccc2o1. The molecule has 0 bridgehead atoms. The highest BCUT2D eigenvalue weighted by atomic mass is 35.5. The van der Waals surface area contributed by atoms with Crippen LogP contribution >= 0.6 is 11.6 Å². The predicted octanol–water partition coefficient (Wildman–Crippen LogP) is 1.51. The molecule has 0 spiro atoms. The first-order chi connectivity index (χ1) is 8.69. The normalized spacial score (nSPS) is 9.89. The monoisotopic (exact) mass is 262 g/mol. The van der Waals surface area contributed by atoms with Crippen molar-refractivity contribution in [1.29, 1.82) is 0 Å². The number of fused-ring (bicyclic) bond motifs is 1. The molecule has 3 N–H and O–H groups in total. The molecule has 5 heteroatoms. The number of nitrogens with two attached hydrogens (primary N) is 1. The number of benzene rings is 1. The highest BCUT2D eigenvalue weighted by Gasteiger charge is 2.01. The molecule has 92 valence electrons. The molecule has 0 saturated heterocycles. The molecule has 1 aromatic heterocycles. The Balaban J connectivity index is 2.08. The van der Waals surface area contributed by atoms with Gasteiger partial charge >= 0.3 is 0 Å². The molecule has 1 amide bonds. The number of rotatable bonds is 2. The van der Waals surface area contributed by atoms with Crippen molar-refractivity contribution in [3.63, 3.8) is 0 Å². The van der Waals surface area contributed by atoms with Crippen molar-refractivity contribution in [2.75, 3.05) is 13.1 Å². The smallest absolute Gasteiger partial charge is 0.234 e. The van der Waals surface area contributed by atoms with Crippen LogP contribution in [0.5, 0.6) is 0 Å². The maximum Gasteiger partial charge on any atom is 0.234 e. The fraction of sp³-hybridized carbons (Fsp3) is 0.154. The van der Waals surface area contributed by atoms with Gasteiger partial charge in [0.2, 0.25) is 5.91 Å². The summed E-state index contributed by atoms with van der Waals surface area (Å²) in [7, 11) is 0. The Morgan fingerprint density at radius 3 is 3.06 bits per heavy atom. The molecular formula is C13H11ClN2O2. The van der Waals surface area contributed by atoms with Crippen molar-refractivity contribution in [2.45, 2.75) is 0 Å². The van der Waals surface area contributed by atoms with Gasteiger partial charge in [0.15, 0.2) is 5.76 Å². The molecule has 0 atom stereocenters. The summed E-state index contributed by atoms with van der Waals surface area (Å²) in [6.45, 7) is 0.207. The summed E-state index contributed by atoms with van der Waals surface area (Å²) in [5.41, 5.74) is 5.87. The molecule has 1 aromatic carbocycles. The molecular weight excluding hydrogens is 252 g/mol. The largest absolute Gasteiger partial charge is 0.448 e. The van der Waals surface area contributed by atoms with Gasteiger partial charge in [0.05, 0.1) is 13.1 Å². The minimum Gasteiger partial charge on any atom is -0.448 e. The van der Waals surface area contributed by atoms with Gasteiger partial charge in [-0.15, -0.1) is 0 Å². The molecule has 0 aliphatic carbocycles. The van der Waals surface area contributed by atoms with Crippen LogP contribution in [0.1, 0.15) is 5.76 Å². The number of carbonyl (C=O) groups excluding carboxylic acids is 1. The van der Waals surface area contributed by atoms with Crippen LogP contribution in [0.15, 0.2) is 28.7 Å². The summed E-state index contributed by atoms with van der Waals surface area (Å²) >= 11 is 5.87. The zero-order chi connectivity index (χ0) is 13.0. The second kappa shape index (κ2) is 5.58. The standard InChI is InChI=1S/C13H11ClN2O2/c14-10-3-4-12-9(6-10)7-11(18-12)2-1-5-16-13(17)8-15/h3-4,6-7H,5,8,15H2,(H,16,17). The maximum absolute atomic E-state index is 10.9. The fourth-order valence-corrected chi connectivity index (χ4v) is 1.60. The molecule has 0 saturated carbocycles. The van der Waals surface area contributed by atoms with Gasteiger partial charge in [-0.05, 0) is 24.1 Å². The summed E-state index contributed by atoms with van der Waals surface area (Å²) < 4.78 is 5.49. The van der Waals surface area contributed by atoms with Gasteiger partial charge in [-0.2, -0.15) is 0 Å². The predicted molar refractivity (Wildman–Crippen MR) is 70.2 cm³/mol. The Morgan fingerprint density at radius 2 is 2.28 bits per heavy atom. The molecule has 0 radical (unpaired) electrons. The number of furan rings is 1. The molecule has 0 aliphatic rings. The quantitative estimate of drug-likeness (QED) is 0.806. The van der Waals surface area contributed by atoms with Gasteiger partial charge in [0.1, 0.15) is 5.58 Å². The van der Waals surface area contributed by atoms with E-state index in [-0.39, 0.29) is 19.0 Å². The molecule has 0 aliphatic heterocycles. The zero-order valence-corrected chi connectivity index (χ0v) is 10.3. The topological polar surface area (TPSA) is 68.3 Å². The first-order valence-corrected chi connectivity index (χ1v) is 5.71. The summed E-state index contributed by atoms with van der Waals surface area (Å²) in [6.07, 6.45) is 0. The average molecular weight is 263 g/mol. The van der Waals surface area contributed by atoms with Crippen LogP contribution in [0.3, 0.4) is 0 Å². The van der Waals surface area contributed by atoms with E-state index in [1.54, 1.807) is 18.2 Å². The Morgan fingerprint density at radius 1 is 1.44 bits per heavy atom. The molecule has 1 heterocycles. The van der Waals surface area contributed by atoms with Gasteiger partial charge in [0.25, 0.3) is 0 Å². The minimum absolute atomic E-state index is 0.0369. The summed E-state index contributed by atoms with van der Waals surface area (Å²) in [6, 6.07) is 7.16. The third-order valence-electron chi connectivity index (χ3n) is 2.25. The van der Waals surface area contributed by atoms with Crippen molar-refractivity contribution < 1.29 is 9.21 Å². The third kappa shape index (κ3) is 3.04. The first kappa shape index (κ1) is 12.5. The van der Waals surface area contributed by atoms with Crippen molar-refractivity contribution in [3.8, 4) is 11.8 Å². The summed E-state index contributed by atoms with van der Waals surface area (Å²) in [4.78, 5) is 10.9. The van der Waals surface area contributed by atoms with Crippen molar-refractivity contribution in [1.82, 2.24) is 5.32 Å². The van der Waals surface area contributed by atoms with Crippen LogP contribution in [0.4, 0.5) is 0 Å². The van der Waals surface area contributed by atoms with Crippen molar-refractivity contribution in [2.24, 2.45) is 5.73 Å². The van der Waals surface area contributed by atoms with E-state index in [0.29, 0.717) is 10.8 Å². The van der Waals surface area contributed by atoms with E-state index >= 15 is 0 Å². The molecule has 0 fully saturated rings. The molecule has 2 rings (SSSR count). The third-order valence-corrected chi connectivity index (χ3v) is 2.48. The van der Waals surface area contributed by atoms with Crippen LogP contribution in [0, 0.1) is 11.8 Å². The number of hydrogen-bond donors (Lipinski definition) is 2. The van der Waals surface area contributed by atoms with E-state index in [2.05, 4.69) is 17.2 Å². The van der Waals surface area contributed by atoms with E-state index in [1.165, 1.54) is 0 Å². The number of amides is 1. The van der Waals surface area contributed by atoms with E-state index in [0.717, 1.165) is 11.0 Å². The number of hydrogen-bond acceptors (Lipinski definition) is 3. The molecule has 4 nitrogen and oxygen atoms in total. The van der Waals surface area contributed by atoms with E-state index < -0.39 is 0 Å². The Labute approximate surface area is 109 Å². The highest BCUT2D eigenvalue weighted by Crippen LogP contribution is 2.22. The van der Waals surface area contributed by atoms with Crippen molar-refractivity contribution >= 4 is 28.5 Å². The van der Waals surface area contributed by atoms with Gasteiger partial charge in [0, 0.05) is 16.5 Å². The highest BCUT2D eigenvalue weighted by molar-refractivity contribution is 6.31. The van der Waals surface area contributed by atoms with Gasteiger partial charge in [-0.3, -0.25) is 4.79 Å². The minimum atomic E-state index is -0.235. The Kier molecular flexibility index (Phi) is 3.88. The average Bonchev–Trinajstić information content (AvgIpc) is 2.76. The summed E-state index contributed by atoms with van der Waals surface area (Å²) in [5, 5.41) is 4.10. The van der Waals surface area contributed by atoms with E-state index in [9.17, 15) is 4.79 Å². The Hall–Kier alpha value is -1.96. The van der Waals surface area contributed by atoms with E-state index in [4.69, 9.17) is 21.8 Å². The van der Waals surface area contributed by atoms with E-state index in [1.807, 2.05) is 6.07 Å². The number of carbonyl (C=O) groups is 1. The lowest BCUT2D eigenvalue weighted by Gasteiger charge is -1.94. The van der Waals surface area contributed by atoms with Crippen molar-refractivity contribution in [3.05, 3.63) is 35.0 Å². The molecule has 0 unspecified atom stereocenters. The van der Waals surface area contributed by atoms with Crippen LogP contribution in [-0.4, -0.2) is 19.0 Å². The molecule has 2 aromatic rings. The van der Waals surface area contributed by atoms with Crippen LogP contribution in [-0.2, 0) is 4.79 Å². The first-order valence-electron chi connectivity index (χ1n) is 5.34. The van der Waals surface area contributed by atoms with Crippen LogP contribution in [0.25, 0.3) is 11.0 Å². The lowest BCUT2D eigenvalue weighted by atomic mass is 10.2. The van der Waals surface area contributed by atoms with Crippen LogP contribution in [0.2, 0.25) is 5.02 Å². The second-order valence-corrected chi connectivity index (χ2v) is 4.01. The van der Waals surface area contributed by atoms with Gasteiger partial charge < -0.3 is 15.5 Å². The molecule has 18 heavy (non-hydrogen) atoms.